The van der Waals surface area contributed by atoms with Gasteiger partial charge in [-0.2, -0.15) is 18.3 Å². The van der Waals surface area contributed by atoms with Gasteiger partial charge >= 0.3 is 6.18 Å². The lowest BCUT2D eigenvalue weighted by atomic mass is 9.63. The van der Waals surface area contributed by atoms with Crippen molar-refractivity contribution in [2.75, 3.05) is 31.1 Å². The summed E-state index contributed by atoms with van der Waals surface area (Å²) < 4.78 is 50.1. The maximum atomic E-state index is 13.6. The first kappa shape index (κ1) is 22.7. The van der Waals surface area contributed by atoms with E-state index in [4.69, 9.17) is 9.47 Å². The SMILES string of the molecule is O=C(CN1C(=O)C2(CC(Oc3ccc4[nH]ncc4n3)C2)c2ccncc21)N1CCOC(C(F)(F)F)C1. The normalized spacial score (nSPS) is 25.8. The Balaban J connectivity index is 1.17. The molecule has 2 aliphatic heterocycles. The van der Waals surface area contributed by atoms with E-state index in [1.165, 1.54) is 11.1 Å². The Morgan fingerprint density at radius 2 is 2.08 bits per heavy atom. The number of pyridine rings is 2. The standard InChI is InChI=1S/C23H21F3N6O4/c24-23(25,26)18-11-31(5-6-35-18)20(33)12-32-17-10-27-4-3-14(17)22(21(32)34)7-13(8-22)36-19-2-1-15-16(29-19)9-28-30-15/h1-4,9-10,13,18H,5-8,11-12H2,(H,28,30). The Morgan fingerprint density at radius 1 is 1.25 bits per heavy atom. The monoisotopic (exact) mass is 502 g/mol. The van der Waals surface area contributed by atoms with Crippen molar-refractivity contribution < 1.29 is 32.2 Å². The van der Waals surface area contributed by atoms with Crippen molar-refractivity contribution in [2.24, 2.45) is 0 Å². The minimum absolute atomic E-state index is 0.0302. The molecular weight excluding hydrogens is 481 g/mol. The topological polar surface area (TPSA) is 114 Å². The summed E-state index contributed by atoms with van der Waals surface area (Å²) in [4.78, 5) is 37.5. The molecule has 1 unspecified atom stereocenters. The zero-order valence-corrected chi connectivity index (χ0v) is 18.9. The first-order chi connectivity index (χ1) is 17.2. The molecule has 1 spiro atoms. The van der Waals surface area contributed by atoms with Gasteiger partial charge in [0.05, 0.1) is 42.2 Å². The minimum Gasteiger partial charge on any atom is -0.474 e. The molecule has 10 nitrogen and oxygen atoms in total. The molecule has 3 aromatic rings. The maximum absolute atomic E-state index is 13.6. The van der Waals surface area contributed by atoms with Gasteiger partial charge in [-0.1, -0.05) is 0 Å². The number of hydrogen-bond donors (Lipinski definition) is 1. The molecule has 1 atom stereocenters. The van der Waals surface area contributed by atoms with Crippen LogP contribution >= 0.6 is 0 Å². The van der Waals surface area contributed by atoms with E-state index in [2.05, 4.69) is 20.2 Å². The molecule has 36 heavy (non-hydrogen) atoms. The number of H-pyrrole nitrogens is 1. The average Bonchev–Trinajstić information content (AvgIpc) is 3.40. The van der Waals surface area contributed by atoms with Gasteiger partial charge in [0.2, 0.25) is 17.7 Å². The van der Waals surface area contributed by atoms with Gasteiger partial charge in [-0.05, 0) is 17.7 Å². The van der Waals surface area contributed by atoms with Crippen LogP contribution in [-0.2, 0) is 19.7 Å². The first-order valence-electron chi connectivity index (χ1n) is 11.4. The summed E-state index contributed by atoms with van der Waals surface area (Å²) in [6.45, 7) is -1.15. The predicted molar refractivity (Wildman–Crippen MR) is 118 cm³/mol. The van der Waals surface area contributed by atoms with E-state index in [0.29, 0.717) is 29.9 Å². The van der Waals surface area contributed by atoms with Gasteiger partial charge in [0, 0.05) is 31.6 Å². The van der Waals surface area contributed by atoms with Crippen molar-refractivity contribution >= 4 is 28.5 Å². The Labute approximate surface area is 202 Å². The summed E-state index contributed by atoms with van der Waals surface area (Å²) in [7, 11) is 0. The Morgan fingerprint density at radius 3 is 2.89 bits per heavy atom. The fraction of sp³-hybridized carbons (Fsp3) is 0.435. The number of ether oxygens (including phenoxy) is 2. The highest BCUT2D eigenvalue weighted by Gasteiger charge is 2.60. The van der Waals surface area contributed by atoms with E-state index < -0.39 is 30.1 Å². The van der Waals surface area contributed by atoms with E-state index >= 15 is 0 Å². The lowest BCUT2D eigenvalue weighted by Gasteiger charge is -2.43. The summed E-state index contributed by atoms with van der Waals surface area (Å²) in [5, 5.41) is 6.76. The lowest BCUT2D eigenvalue weighted by Crippen LogP contribution is -2.56. The zero-order valence-electron chi connectivity index (χ0n) is 18.9. The second-order valence-corrected chi connectivity index (χ2v) is 9.21. The smallest absolute Gasteiger partial charge is 0.416 e. The molecule has 1 aliphatic carbocycles. The van der Waals surface area contributed by atoms with Crippen LogP contribution in [0.4, 0.5) is 18.9 Å². The quantitative estimate of drug-likeness (QED) is 0.580. The van der Waals surface area contributed by atoms with E-state index in [1.54, 1.807) is 24.5 Å². The molecule has 0 aromatic carbocycles. The van der Waals surface area contributed by atoms with Crippen molar-refractivity contribution in [1.29, 1.82) is 0 Å². The molecule has 1 saturated heterocycles. The summed E-state index contributed by atoms with van der Waals surface area (Å²) in [5.74, 6) is -0.433. The van der Waals surface area contributed by atoms with Crippen molar-refractivity contribution in [3.63, 3.8) is 0 Å². The molecule has 2 amide bonds. The molecule has 188 valence electrons. The van der Waals surface area contributed by atoms with Crippen LogP contribution in [-0.4, -0.2) is 81.5 Å². The molecule has 6 rings (SSSR count). The number of hydrogen-bond acceptors (Lipinski definition) is 7. The summed E-state index contributed by atoms with van der Waals surface area (Å²) in [6.07, 6.45) is -1.43. The summed E-state index contributed by atoms with van der Waals surface area (Å²) >= 11 is 0. The molecule has 1 N–H and O–H groups in total. The number of aromatic amines is 1. The molecule has 3 aliphatic rings. The van der Waals surface area contributed by atoms with Crippen LogP contribution in [0.5, 0.6) is 5.88 Å². The zero-order chi connectivity index (χ0) is 25.1. The average molecular weight is 502 g/mol. The molecular formula is C23H21F3N6O4. The van der Waals surface area contributed by atoms with E-state index in [9.17, 15) is 22.8 Å². The van der Waals surface area contributed by atoms with Crippen molar-refractivity contribution in [3.8, 4) is 5.88 Å². The van der Waals surface area contributed by atoms with Gasteiger partial charge < -0.3 is 19.3 Å². The lowest BCUT2D eigenvalue weighted by molar-refractivity contribution is -0.236. The Kier molecular flexibility index (Phi) is 5.14. The maximum Gasteiger partial charge on any atom is 0.416 e. The van der Waals surface area contributed by atoms with Crippen LogP contribution in [0.2, 0.25) is 0 Å². The molecule has 1 saturated carbocycles. The first-order valence-corrected chi connectivity index (χ1v) is 11.4. The van der Waals surface area contributed by atoms with Gasteiger partial charge in [-0.3, -0.25) is 19.7 Å². The highest BCUT2D eigenvalue weighted by molar-refractivity contribution is 6.11. The van der Waals surface area contributed by atoms with E-state index in [1.807, 2.05) is 6.07 Å². The number of carbonyl (C=O) groups excluding carboxylic acids is 2. The van der Waals surface area contributed by atoms with Crippen molar-refractivity contribution in [3.05, 3.63) is 42.4 Å². The van der Waals surface area contributed by atoms with Crippen LogP contribution < -0.4 is 9.64 Å². The molecule has 2 fully saturated rings. The number of nitrogens with one attached hydrogen (secondary N) is 1. The van der Waals surface area contributed by atoms with E-state index in [-0.39, 0.29) is 31.7 Å². The third-order valence-corrected chi connectivity index (χ3v) is 7.05. The summed E-state index contributed by atoms with van der Waals surface area (Å²) in [5.41, 5.74) is 1.80. The number of anilines is 1. The predicted octanol–water partition coefficient (Wildman–Crippen LogP) is 1.97. The minimum atomic E-state index is -4.57. The highest BCUT2D eigenvalue weighted by atomic mass is 19.4. The van der Waals surface area contributed by atoms with Crippen LogP contribution in [0.1, 0.15) is 18.4 Å². The van der Waals surface area contributed by atoms with Gasteiger partial charge in [0.25, 0.3) is 0 Å². The number of aromatic nitrogens is 4. The third-order valence-electron chi connectivity index (χ3n) is 7.05. The Hall–Kier alpha value is -3.74. The number of rotatable bonds is 4. The van der Waals surface area contributed by atoms with Crippen LogP contribution in [0.3, 0.4) is 0 Å². The number of amides is 2. The van der Waals surface area contributed by atoms with E-state index in [0.717, 1.165) is 16.0 Å². The van der Waals surface area contributed by atoms with Gasteiger partial charge in [0.1, 0.15) is 18.2 Å². The highest BCUT2D eigenvalue weighted by Crippen LogP contribution is 2.54. The number of morpholine rings is 1. The van der Waals surface area contributed by atoms with Crippen LogP contribution in [0, 0.1) is 0 Å². The number of alkyl halides is 3. The van der Waals surface area contributed by atoms with Crippen LogP contribution in [0.15, 0.2) is 36.8 Å². The van der Waals surface area contributed by atoms with Gasteiger partial charge in [-0.25, -0.2) is 4.98 Å². The molecule has 0 bridgehead atoms. The number of fused-ring (bicyclic) bond motifs is 3. The molecule has 13 heteroatoms. The fourth-order valence-corrected chi connectivity index (χ4v) is 5.20. The number of carbonyl (C=O) groups is 2. The third kappa shape index (κ3) is 3.65. The van der Waals surface area contributed by atoms with Crippen LogP contribution in [0.25, 0.3) is 11.0 Å². The molecule has 0 radical (unpaired) electrons. The number of halogens is 3. The van der Waals surface area contributed by atoms with Gasteiger partial charge in [0.15, 0.2) is 6.10 Å². The van der Waals surface area contributed by atoms with Crippen molar-refractivity contribution in [1.82, 2.24) is 25.1 Å². The largest absolute Gasteiger partial charge is 0.474 e. The number of nitrogens with zero attached hydrogens (tertiary/aromatic N) is 5. The second kappa shape index (κ2) is 8.15. The fourth-order valence-electron chi connectivity index (χ4n) is 5.20. The van der Waals surface area contributed by atoms with Crippen molar-refractivity contribution in [2.45, 2.75) is 36.6 Å². The van der Waals surface area contributed by atoms with Gasteiger partial charge in [-0.15, -0.1) is 0 Å². The Bertz CT molecular complexity index is 1340. The summed E-state index contributed by atoms with van der Waals surface area (Å²) in [6, 6.07) is 5.28. The molecule has 5 heterocycles. The molecule has 3 aromatic heterocycles. The second-order valence-electron chi connectivity index (χ2n) is 9.21.